The minimum absolute atomic E-state index is 0.569. The van der Waals surface area contributed by atoms with Crippen LogP contribution in [0.5, 0.6) is 0 Å². The van der Waals surface area contributed by atoms with Gasteiger partial charge in [0.1, 0.15) is 0 Å². The third-order valence-electron chi connectivity index (χ3n) is 9.84. The van der Waals surface area contributed by atoms with Crippen LogP contribution in [0.15, 0.2) is 133 Å². The highest BCUT2D eigenvalue weighted by atomic mass is 15.0. The molecule has 0 amide bonds. The summed E-state index contributed by atoms with van der Waals surface area (Å²) in [6.45, 7) is 0. The van der Waals surface area contributed by atoms with E-state index in [-0.39, 0.29) is 0 Å². The van der Waals surface area contributed by atoms with Gasteiger partial charge in [-0.25, -0.2) is 0 Å². The normalized spacial score (nSPS) is 12.1. The summed E-state index contributed by atoms with van der Waals surface area (Å²) < 4.78 is 4.62. The Morgan fingerprint density at radius 2 is 1.08 bits per heavy atom. The lowest BCUT2D eigenvalue weighted by molar-refractivity contribution is 0.967. The molecule has 0 aliphatic heterocycles. The molecule has 0 saturated carbocycles. The van der Waals surface area contributed by atoms with Crippen LogP contribution < -0.4 is 0 Å². The van der Waals surface area contributed by atoms with Crippen molar-refractivity contribution in [1.82, 2.24) is 9.13 Å². The molecule has 50 heavy (non-hydrogen) atoms. The molecule has 232 valence electrons. The van der Waals surface area contributed by atoms with Crippen LogP contribution in [0.3, 0.4) is 0 Å². The Morgan fingerprint density at radius 1 is 0.480 bits per heavy atom. The predicted molar refractivity (Wildman–Crippen MR) is 200 cm³/mol. The van der Waals surface area contributed by atoms with Gasteiger partial charge < -0.3 is 9.13 Å². The second kappa shape index (κ2) is 11.5. The Kier molecular flexibility index (Phi) is 6.70. The molecule has 0 bridgehead atoms. The lowest BCUT2D eigenvalue weighted by atomic mass is 9.93. The molecule has 1 aliphatic carbocycles. The third kappa shape index (κ3) is 4.52. The Labute approximate surface area is 289 Å². The number of benzene rings is 6. The standard InChI is InChI=1S/C45H27N5/c46-26-29-8-7-9-32(20-29)36-10-1-2-11-37(36)33-23-34(49-42-14-5-3-12-38(42)39-13-4-6-15-43(39)49)25-35(24-33)50-44-18-16-30(27-47)21-40(44)41-22-31(28-48)17-19-45(41)50/h1-3,5-12,14-25H,4,13H2. The van der Waals surface area contributed by atoms with Gasteiger partial charge in [0.15, 0.2) is 0 Å². The topological polar surface area (TPSA) is 81.2 Å². The lowest BCUT2D eigenvalue weighted by Crippen LogP contribution is -2.03. The Hall–Kier alpha value is -7.13. The van der Waals surface area contributed by atoms with Crippen molar-refractivity contribution < 1.29 is 0 Å². The van der Waals surface area contributed by atoms with Gasteiger partial charge in [0.25, 0.3) is 0 Å². The van der Waals surface area contributed by atoms with Gasteiger partial charge in [0.05, 0.1) is 51.4 Å². The summed E-state index contributed by atoms with van der Waals surface area (Å²) in [5.41, 5.74) is 13.4. The van der Waals surface area contributed by atoms with Crippen molar-refractivity contribution >= 4 is 38.8 Å². The van der Waals surface area contributed by atoms with Gasteiger partial charge in [-0.15, -0.1) is 0 Å². The molecule has 0 fully saturated rings. The molecule has 8 aromatic rings. The maximum Gasteiger partial charge on any atom is 0.0991 e. The first-order valence-electron chi connectivity index (χ1n) is 16.6. The second-order valence-corrected chi connectivity index (χ2v) is 12.7. The minimum Gasteiger partial charge on any atom is -0.309 e. The van der Waals surface area contributed by atoms with Crippen molar-refractivity contribution in [1.29, 1.82) is 15.8 Å². The second-order valence-electron chi connectivity index (χ2n) is 12.7. The Balaban J connectivity index is 1.39. The smallest absolute Gasteiger partial charge is 0.0991 e. The van der Waals surface area contributed by atoms with Gasteiger partial charge in [0, 0.05) is 33.2 Å². The molecule has 0 saturated heterocycles. The van der Waals surface area contributed by atoms with E-state index in [1.54, 1.807) is 0 Å². The maximum absolute atomic E-state index is 9.80. The molecule has 6 aromatic carbocycles. The largest absolute Gasteiger partial charge is 0.309 e. The predicted octanol–water partition coefficient (Wildman–Crippen LogP) is 10.6. The average Bonchev–Trinajstić information content (AvgIpc) is 3.70. The van der Waals surface area contributed by atoms with Crippen molar-refractivity contribution in [3.63, 3.8) is 0 Å². The van der Waals surface area contributed by atoms with Crippen LogP contribution in [0, 0.1) is 34.0 Å². The van der Waals surface area contributed by atoms with E-state index in [1.807, 2.05) is 60.7 Å². The molecule has 0 atom stereocenters. The fourth-order valence-corrected chi connectivity index (χ4v) is 7.66. The fourth-order valence-electron chi connectivity index (χ4n) is 7.66. The van der Waals surface area contributed by atoms with E-state index in [0.717, 1.165) is 73.8 Å². The summed E-state index contributed by atoms with van der Waals surface area (Å²) in [6.07, 6.45) is 6.50. The lowest BCUT2D eigenvalue weighted by Gasteiger charge is -2.18. The summed E-state index contributed by atoms with van der Waals surface area (Å²) in [7, 11) is 0. The molecular formula is C45H27N5. The van der Waals surface area contributed by atoms with E-state index < -0.39 is 0 Å². The molecule has 0 radical (unpaired) electrons. The van der Waals surface area contributed by atoms with Gasteiger partial charge in [-0.3, -0.25) is 0 Å². The first kappa shape index (κ1) is 29.0. The number of nitriles is 3. The summed E-state index contributed by atoms with van der Waals surface area (Å²) in [5, 5.41) is 32.4. The third-order valence-corrected chi connectivity index (χ3v) is 9.84. The van der Waals surface area contributed by atoms with Crippen molar-refractivity contribution in [3.05, 3.63) is 161 Å². The maximum atomic E-state index is 9.80. The first-order chi connectivity index (χ1) is 24.6. The minimum atomic E-state index is 0.569. The van der Waals surface area contributed by atoms with Crippen LogP contribution in [-0.4, -0.2) is 9.13 Å². The molecule has 1 aliphatic rings. The highest BCUT2D eigenvalue weighted by Crippen LogP contribution is 2.40. The molecule has 0 spiro atoms. The van der Waals surface area contributed by atoms with Gasteiger partial charge in [0.2, 0.25) is 0 Å². The first-order valence-corrected chi connectivity index (χ1v) is 16.6. The van der Waals surface area contributed by atoms with Gasteiger partial charge >= 0.3 is 0 Å². The number of aromatic nitrogens is 2. The van der Waals surface area contributed by atoms with Gasteiger partial charge in [-0.05, 0) is 120 Å². The number of fused-ring (bicyclic) bond motifs is 6. The summed E-state index contributed by atoms with van der Waals surface area (Å²) in [4.78, 5) is 0. The molecule has 9 rings (SSSR count). The number of hydrogen-bond donors (Lipinski definition) is 0. The zero-order valence-corrected chi connectivity index (χ0v) is 26.9. The molecule has 2 heterocycles. The van der Waals surface area contributed by atoms with E-state index in [1.165, 1.54) is 16.6 Å². The van der Waals surface area contributed by atoms with Crippen LogP contribution in [-0.2, 0) is 6.42 Å². The highest BCUT2D eigenvalue weighted by Gasteiger charge is 2.21. The molecule has 5 nitrogen and oxygen atoms in total. The van der Waals surface area contributed by atoms with E-state index in [9.17, 15) is 15.8 Å². The number of para-hydroxylation sites is 1. The molecular weight excluding hydrogens is 611 g/mol. The van der Waals surface area contributed by atoms with Crippen molar-refractivity contribution in [2.24, 2.45) is 0 Å². The van der Waals surface area contributed by atoms with E-state index in [0.29, 0.717) is 16.7 Å². The van der Waals surface area contributed by atoms with Crippen LogP contribution in [0.2, 0.25) is 0 Å². The van der Waals surface area contributed by atoms with Gasteiger partial charge in [-0.1, -0.05) is 60.7 Å². The van der Waals surface area contributed by atoms with Crippen LogP contribution in [0.25, 0.3) is 72.4 Å². The van der Waals surface area contributed by atoms with E-state index in [4.69, 9.17) is 0 Å². The zero-order valence-electron chi connectivity index (χ0n) is 26.9. The van der Waals surface area contributed by atoms with E-state index >= 15 is 0 Å². The Bertz CT molecular complexity index is 2790. The fraction of sp³-hybridized carbons (Fsp3) is 0.0444. The quantitative estimate of drug-likeness (QED) is 0.193. The van der Waals surface area contributed by atoms with Crippen molar-refractivity contribution in [2.75, 3.05) is 0 Å². The monoisotopic (exact) mass is 637 g/mol. The van der Waals surface area contributed by atoms with Crippen LogP contribution in [0.1, 0.15) is 34.4 Å². The van der Waals surface area contributed by atoms with Crippen LogP contribution >= 0.6 is 0 Å². The molecule has 0 unspecified atom stereocenters. The van der Waals surface area contributed by atoms with Crippen LogP contribution in [0.4, 0.5) is 0 Å². The summed E-state index contributed by atoms with van der Waals surface area (Å²) >= 11 is 0. The number of nitrogens with zero attached hydrogens (tertiary/aromatic N) is 5. The summed E-state index contributed by atoms with van der Waals surface area (Å²) in [6, 6.07) is 49.9. The molecule has 2 aromatic heterocycles. The number of aryl methyl sites for hydroxylation is 1. The Morgan fingerprint density at radius 3 is 1.78 bits per heavy atom. The highest BCUT2D eigenvalue weighted by molar-refractivity contribution is 6.10. The molecule has 5 heteroatoms. The number of rotatable bonds is 4. The van der Waals surface area contributed by atoms with E-state index in [2.05, 4.69) is 106 Å². The summed E-state index contributed by atoms with van der Waals surface area (Å²) in [5.74, 6) is 0. The average molecular weight is 638 g/mol. The number of allylic oxidation sites excluding steroid dienone is 1. The SMILES string of the molecule is N#Cc1cccc(-c2ccccc2-c2cc(-n3c4c(c5ccccc53)CCC=C4)cc(-n3c4ccc(C#N)cc4c4cc(C#N)ccc43)c2)c1. The number of hydrogen-bond acceptors (Lipinski definition) is 3. The van der Waals surface area contributed by atoms with Gasteiger partial charge in [-0.2, -0.15) is 15.8 Å². The van der Waals surface area contributed by atoms with Crippen molar-refractivity contribution in [3.8, 4) is 51.8 Å². The molecule has 0 N–H and O–H groups in total. The zero-order chi connectivity index (χ0) is 33.8. The van der Waals surface area contributed by atoms with Crippen molar-refractivity contribution in [2.45, 2.75) is 12.8 Å².